The Labute approximate surface area is 188 Å². The average Bonchev–Trinajstić information content (AvgIpc) is 2.93. The fraction of sp³-hybridized carbons (Fsp3) is 0.778. The molecule has 176 valence electrons. The zero-order chi connectivity index (χ0) is 23.0. The van der Waals surface area contributed by atoms with E-state index in [4.69, 9.17) is 0 Å². The molecule has 0 saturated heterocycles. The lowest BCUT2D eigenvalue weighted by molar-refractivity contribution is 0.0546. The molecule has 0 radical (unpaired) electrons. The summed E-state index contributed by atoms with van der Waals surface area (Å²) < 4.78 is 0. The van der Waals surface area contributed by atoms with Crippen LogP contribution < -0.4 is 0 Å². The van der Waals surface area contributed by atoms with Gasteiger partial charge in [-0.3, -0.25) is 0 Å². The molecule has 0 unspecified atom stereocenters. The number of rotatable bonds is 6. The molecule has 3 rings (SSSR count). The molecule has 3 aliphatic rings. The summed E-state index contributed by atoms with van der Waals surface area (Å²) in [7, 11) is 0. The second-order valence-electron chi connectivity index (χ2n) is 11.5. The van der Waals surface area contributed by atoms with E-state index in [2.05, 4.69) is 26.5 Å². The molecular formula is C27H44O4. The molecule has 7 atom stereocenters. The fourth-order valence-corrected chi connectivity index (χ4v) is 6.77. The maximum Gasteiger partial charge on any atom is 0.0811 e. The predicted molar refractivity (Wildman–Crippen MR) is 125 cm³/mol. The first-order valence-corrected chi connectivity index (χ1v) is 12.3. The van der Waals surface area contributed by atoms with Gasteiger partial charge in [0.05, 0.1) is 23.9 Å². The molecule has 4 N–H and O–H groups in total. The Balaban J connectivity index is 1.76. The van der Waals surface area contributed by atoms with E-state index in [-0.39, 0.29) is 17.4 Å². The second-order valence-corrected chi connectivity index (χ2v) is 11.5. The molecule has 4 heteroatoms. The Morgan fingerprint density at radius 3 is 2.58 bits per heavy atom. The van der Waals surface area contributed by atoms with Crippen molar-refractivity contribution in [1.82, 2.24) is 0 Å². The van der Waals surface area contributed by atoms with Gasteiger partial charge in [-0.1, -0.05) is 51.0 Å². The van der Waals surface area contributed by atoms with Crippen molar-refractivity contribution in [3.63, 3.8) is 0 Å². The van der Waals surface area contributed by atoms with Crippen molar-refractivity contribution in [3.8, 4) is 0 Å². The van der Waals surface area contributed by atoms with Crippen LogP contribution >= 0.6 is 0 Å². The molecule has 3 fully saturated rings. The summed E-state index contributed by atoms with van der Waals surface area (Å²) in [6, 6.07) is 0. The SMILES string of the molecule is C=C1/C(=C\C=C2/CCC[C@]3(C)[C@@H]([C@H](C)CCCC(C)(C)O)C[C@H](O)[C@@H]23)C[C@@H](O)C[C@@H]1O. The molecule has 0 bridgehead atoms. The molecule has 0 aromatic carbocycles. The van der Waals surface area contributed by atoms with Gasteiger partial charge in [0.25, 0.3) is 0 Å². The van der Waals surface area contributed by atoms with Crippen molar-refractivity contribution in [2.45, 2.75) is 109 Å². The molecule has 3 aliphatic carbocycles. The molecule has 4 nitrogen and oxygen atoms in total. The van der Waals surface area contributed by atoms with Gasteiger partial charge in [0, 0.05) is 12.3 Å². The first-order chi connectivity index (χ1) is 14.4. The summed E-state index contributed by atoms with van der Waals surface area (Å²) in [6.07, 6.45) is 10.6. The van der Waals surface area contributed by atoms with E-state index in [1.807, 2.05) is 19.9 Å². The first kappa shape index (κ1) is 24.7. The number of aliphatic hydroxyl groups excluding tert-OH is 3. The predicted octanol–water partition coefficient (Wildman–Crippen LogP) is 4.68. The topological polar surface area (TPSA) is 80.9 Å². The summed E-state index contributed by atoms with van der Waals surface area (Å²) >= 11 is 0. The lowest BCUT2D eigenvalue weighted by Crippen LogP contribution is -2.38. The highest BCUT2D eigenvalue weighted by molar-refractivity contribution is 5.39. The third kappa shape index (κ3) is 5.52. The summed E-state index contributed by atoms with van der Waals surface area (Å²) in [5, 5.41) is 41.3. The summed E-state index contributed by atoms with van der Waals surface area (Å²) in [5.74, 6) is 1.18. The smallest absolute Gasteiger partial charge is 0.0811 e. The van der Waals surface area contributed by atoms with Gasteiger partial charge < -0.3 is 20.4 Å². The molecule has 0 aliphatic heterocycles. The summed E-state index contributed by atoms with van der Waals surface area (Å²) in [6.45, 7) is 12.5. The monoisotopic (exact) mass is 432 g/mol. The Morgan fingerprint density at radius 1 is 1.19 bits per heavy atom. The summed E-state index contributed by atoms with van der Waals surface area (Å²) in [5.41, 5.74) is 2.43. The lowest BCUT2D eigenvalue weighted by Gasteiger charge is -2.44. The molecule has 31 heavy (non-hydrogen) atoms. The maximum absolute atomic E-state index is 11.1. The van der Waals surface area contributed by atoms with E-state index in [1.54, 1.807) is 0 Å². The van der Waals surface area contributed by atoms with Crippen molar-refractivity contribution in [2.75, 3.05) is 0 Å². The van der Waals surface area contributed by atoms with E-state index in [9.17, 15) is 20.4 Å². The van der Waals surface area contributed by atoms with Crippen molar-refractivity contribution >= 4 is 0 Å². The molecule has 0 aromatic rings. The Hall–Kier alpha value is -0.940. The minimum atomic E-state index is -0.670. The minimum Gasteiger partial charge on any atom is -0.393 e. The zero-order valence-corrected chi connectivity index (χ0v) is 20.0. The van der Waals surface area contributed by atoms with Gasteiger partial charge >= 0.3 is 0 Å². The van der Waals surface area contributed by atoms with Crippen LogP contribution in [0.1, 0.15) is 85.5 Å². The molecular weight excluding hydrogens is 388 g/mol. The van der Waals surface area contributed by atoms with Crippen molar-refractivity contribution in [3.05, 3.63) is 35.5 Å². The number of allylic oxidation sites excluding steroid dienone is 2. The lowest BCUT2D eigenvalue weighted by atomic mass is 9.60. The van der Waals surface area contributed by atoms with Crippen LogP contribution in [0.25, 0.3) is 0 Å². The quantitative estimate of drug-likeness (QED) is 0.491. The van der Waals surface area contributed by atoms with E-state index in [0.29, 0.717) is 30.3 Å². The molecule has 0 amide bonds. The number of fused-ring (bicyclic) bond motifs is 1. The number of aliphatic hydroxyl groups is 4. The van der Waals surface area contributed by atoms with Crippen LogP contribution in [-0.2, 0) is 0 Å². The van der Waals surface area contributed by atoms with Crippen LogP contribution in [0, 0.1) is 23.2 Å². The molecule has 0 heterocycles. The first-order valence-electron chi connectivity index (χ1n) is 12.3. The van der Waals surface area contributed by atoms with E-state index in [0.717, 1.165) is 50.5 Å². The zero-order valence-electron chi connectivity index (χ0n) is 20.0. The Bertz CT molecular complexity index is 715. The van der Waals surface area contributed by atoms with Gasteiger partial charge in [-0.2, -0.15) is 0 Å². The Kier molecular flexibility index (Phi) is 7.57. The maximum atomic E-state index is 11.1. The van der Waals surface area contributed by atoms with Gasteiger partial charge in [0.1, 0.15) is 0 Å². The van der Waals surface area contributed by atoms with Crippen molar-refractivity contribution in [2.24, 2.45) is 23.2 Å². The van der Waals surface area contributed by atoms with Gasteiger partial charge in [0.15, 0.2) is 0 Å². The van der Waals surface area contributed by atoms with E-state index in [1.165, 1.54) is 5.57 Å². The van der Waals surface area contributed by atoms with Crippen LogP contribution in [0.5, 0.6) is 0 Å². The fourth-order valence-electron chi connectivity index (χ4n) is 6.77. The standard InChI is InChI=1S/C27H44O4/c1-17(8-6-12-26(3,4)31)22-16-24(30)25-19(9-7-13-27(22,25)5)10-11-20-14-21(28)15-23(29)18(20)2/h10-11,17,21-25,28-31H,2,6-9,12-16H2,1,3-5H3/b19-10+,20-11-/t17-,21-,22-,23+,24+,25-,27-/m1/s1. The minimum absolute atomic E-state index is 0.0960. The summed E-state index contributed by atoms with van der Waals surface area (Å²) in [4.78, 5) is 0. The van der Waals surface area contributed by atoms with Crippen LogP contribution in [0.3, 0.4) is 0 Å². The van der Waals surface area contributed by atoms with E-state index >= 15 is 0 Å². The molecule has 3 saturated carbocycles. The third-order valence-electron chi connectivity index (χ3n) is 8.42. The third-order valence-corrected chi connectivity index (χ3v) is 8.42. The molecule has 0 spiro atoms. The van der Waals surface area contributed by atoms with Crippen molar-refractivity contribution in [1.29, 1.82) is 0 Å². The van der Waals surface area contributed by atoms with Crippen molar-refractivity contribution < 1.29 is 20.4 Å². The van der Waals surface area contributed by atoms with Crippen LogP contribution in [0.15, 0.2) is 35.5 Å². The highest BCUT2D eigenvalue weighted by atomic mass is 16.3. The Morgan fingerprint density at radius 2 is 1.90 bits per heavy atom. The van der Waals surface area contributed by atoms with Crippen LogP contribution in [0.2, 0.25) is 0 Å². The largest absolute Gasteiger partial charge is 0.393 e. The highest BCUT2D eigenvalue weighted by Gasteiger charge is 2.54. The van der Waals surface area contributed by atoms with Gasteiger partial charge in [-0.25, -0.2) is 0 Å². The van der Waals surface area contributed by atoms with Crippen LogP contribution in [0.4, 0.5) is 0 Å². The van der Waals surface area contributed by atoms with E-state index < -0.39 is 17.8 Å². The van der Waals surface area contributed by atoms with Gasteiger partial charge in [0.2, 0.25) is 0 Å². The van der Waals surface area contributed by atoms with Crippen LogP contribution in [-0.4, -0.2) is 44.3 Å². The number of hydrogen-bond acceptors (Lipinski definition) is 4. The highest BCUT2D eigenvalue weighted by Crippen LogP contribution is 2.60. The normalized spacial score (nSPS) is 40.4. The van der Waals surface area contributed by atoms with Gasteiger partial charge in [-0.05, 0) is 80.8 Å². The average molecular weight is 433 g/mol. The molecule has 0 aromatic heterocycles. The number of hydrogen-bond donors (Lipinski definition) is 4. The second kappa shape index (κ2) is 9.51. The van der Waals surface area contributed by atoms with Gasteiger partial charge in [-0.15, -0.1) is 0 Å².